The van der Waals surface area contributed by atoms with Crippen molar-refractivity contribution in [1.82, 2.24) is 14.7 Å². The van der Waals surface area contributed by atoms with Crippen molar-refractivity contribution in [3.8, 4) is 0 Å². The zero-order valence-corrected chi connectivity index (χ0v) is 12.5. The third kappa shape index (κ3) is 2.06. The Kier molecular flexibility index (Phi) is 3.17. The summed E-state index contributed by atoms with van der Waals surface area (Å²) in [6.07, 6.45) is 2.34. The van der Waals surface area contributed by atoms with E-state index in [0.717, 1.165) is 39.2 Å². The zero-order valence-electron chi connectivity index (χ0n) is 11.6. The highest BCUT2D eigenvalue weighted by atomic mass is 32.1. The van der Waals surface area contributed by atoms with Gasteiger partial charge in [-0.3, -0.25) is 9.36 Å². The Hall–Kier alpha value is -1.95. The largest absolute Gasteiger partial charge is 0.361 e. The van der Waals surface area contributed by atoms with Gasteiger partial charge in [-0.15, -0.1) is 11.3 Å². The number of hydrogen-bond donors (Lipinski definition) is 0. The maximum absolute atomic E-state index is 12.4. The Morgan fingerprint density at radius 1 is 1.35 bits per heavy atom. The van der Waals surface area contributed by atoms with Crippen molar-refractivity contribution in [3.63, 3.8) is 0 Å². The van der Waals surface area contributed by atoms with Gasteiger partial charge in [0.05, 0.1) is 17.4 Å². The molecule has 3 rings (SSSR count). The molecule has 20 heavy (non-hydrogen) atoms. The molecule has 0 aliphatic carbocycles. The van der Waals surface area contributed by atoms with Crippen molar-refractivity contribution < 1.29 is 4.52 Å². The molecule has 0 fully saturated rings. The molecule has 3 heterocycles. The minimum Gasteiger partial charge on any atom is -0.361 e. The van der Waals surface area contributed by atoms with Crippen LogP contribution in [0.1, 0.15) is 22.6 Å². The highest BCUT2D eigenvalue weighted by molar-refractivity contribution is 7.16. The van der Waals surface area contributed by atoms with E-state index < -0.39 is 0 Å². The van der Waals surface area contributed by atoms with Crippen LogP contribution in [0.2, 0.25) is 0 Å². The van der Waals surface area contributed by atoms with Crippen LogP contribution in [0.3, 0.4) is 0 Å². The van der Waals surface area contributed by atoms with Crippen LogP contribution in [-0.4, -0.2) is 14.7 Å². The quantitative estimate of drug-likeness (QED) is 0.743. The lowest BCUT2D eigenvalue weighted by Gasteiger charge is -2.05. The standard InChI is InChI=1S/C14H15N3O2S/c1-8-6-20-13-12(8)14(18)17(7-15-13)5-4-11-9(2)16-19-10(11)3/h6-7H,4-5H2,1-3H3. The van der Waals surface area contributed by atoms with Crippen LogP contribution in [0, 0.1) is 20.8 Å². The summed E-state index contributed by atoms with van der Waals surface area (Å²) in [4.78, 5) is 17.6. The summed E-state index contributed by atoms with van der Waals surface area (Å²) in [6, 6.07) is 0. The summed E-state index contributed by atoms with van der Waals surface area (Å²) in [5.41, 5.74) is 2.98. The molecule has 0 spiro atoms. The molecule has 0 aliphatic rings. The van der Waals surface area contributed by atoms with E-state index in [1.165, 1.54) is 11.3 Å². The Labute approximate surface area is 119 Å². The number of nitrogens with zero attached hydrogens (tertiary/aromatic N) is 3. The molecule has 0 N–H and O–H groups in total. The van der Waals surface area contributed by atoms with Crippen LogP contribution < -0.4 is 5.56 Å². The maximum atomic E-state index is 12.4. The summed E-state index contributed by atoms with van der Waals surface area (Å²) < 4.78 is 6.80. The Morgan fingerprint density at radius 3 is 2.85 bits per heavy atom. The van der Waals surface area contributed by atoms with Crippen molar-refractivity contribution in [1.29, 1.82) is 0 Å². The number of aromatic nitrogens is 3. The van der Waals surface area contributed by atoms with E-state index in [0.29, 0.717) is 6.54 Å². The van der Waals surface area contributed by atoms with E-state index in [9.17, 15) is 4.79 Å². The van der Waals surface area contributed by atoms with E-state index in [-0.39, 0.29) is 5.56 Å². The lowest BCUT2D eigenvalue weighted by atomic mass is 10.1. The van der Waals surface area contributed by atoms with Crippen molar-refractivity contribution in [2.45, 2.75) is 33.7 Å². The van der Waals surface area contributed by atoms with Gasteiger partial charge < -0.3 is 4.52 Å². The zero-order chi connectivity index (χ0) is 14.3. The van der Waals surface area contributed by atoms with Crippen LogP contribution in [-0.2, 0) is 13.0 Å². The van der Waals surface area contributed by atoms with Gasteiger partial charge >= 0.3 is 0 Å². The topological polar surface area (TPSA) is 60.9 Å². The maximum Gasteiger partial charge on any atom is 0.262 e. The molecule has 0 bridgehead atoms. The molecule has 5 nitrogen and oxygen atoms in total. The first-order valence-electron chi connectivity index (χ1n) is 6.43. The summed E-state index contributed by atoms with van der Waals surface area (Å²) in [6.45, 7) is 6.34. The Balaban J connectivity index is 1.94. The van der Waals surface area contributed by atoms with E-state index in [4.69, 9.17) is 4.52 Å². The van der Waals surface area contributed by atoms with E-state index >= 15 is 0 Å². The first kappa shape index (κ1) is 13.1. The van der Waals surface area contributed by atoms with Crippen LogP contribution in [0.4, 0.5) is 0 Å². The lowest BCUT2D eigenvalue weighted by Crippen LogP contribution is -2.21. The molecule has 0 unspecified atom stereocenters. The van der Waals surface area contributed by atoms with Gasteiger partial charge in [0.1, 0.15) is 10.6 Å². The lowest BCUT2D eigenvalue weighted by molar-refractivity contribution is 0.392. The van der Waals surface area contributed by atoms with Crippen LogP contribution >= 0.6 is 11.3 Å². The van der Waals surface area contributed by atoms with E-state index in [2.05, 4.69) is 10.1 Å². The summed E-state index contributed by atoms with van der Waals surface area (Å²) >= 11 is 1.51. The van der Waals surface area contributed by atoms with E-state index in [1.54, 1.807) is 10.9 Å². The second-order valence-electron chi connectivity index (χ2n) is 4.89. The predicted molar refractivity (Wildman–Crippen MR) is 78.3 cm³/mol. The molecule has 0 radical (unpaired) electrons. The smallest absolute Gasteiger partial charge is 0.262 e. The van der Waals surface area contributed by atoms with E-state index in [1.807, 2.05) is 26.2 Å². The molecule has 3 aromatic heterocycles. The van der Waals surface area contributed by atoms with Crippen molar-refractivity contribution in [2.24, 2.45) is 0 Å². The second kappa shape index (κ2) is 4.86. The van der Waals surface area contributed by atoms with Gasteiger partial charge in [0.25, 0.3) is 5.56 Å². The molecule has 0 aliphatic heterocycles. The second-order valence-corrected chi connectivity index (χ2v) is 5.75. The number of thiophene rings is 1. The van der Waals surface area contributed by atoms with Crippen LogP contribution in [0.5, 0.6) is 0 Å². The van der Waals surface area contributed by atoms with Crippen molar-refractivity contribution in [3.05, 3.63) is 44.6 Å². The van der Waals surface area contributed by atoms with Crippen molar-refractivity contribution >= 4 is 21.6 Å². The fraction of sp³-hybridized carbons (Fsp3) is 0.357. The van der Waals surface area contributed by atoms with Gasteiger partial charge in [-0.25, -0.2) is 4.98 Å². The van der Waals surface area contributed by atoms with Gasteiger partial charge in [-0.1, -0.05) is 5.16 Å². The Bertz CT molecular complexity index is 809. The SMILES string of the molecule is Cc1noc(C)c1CCn1cnc2scc(C)c2c1=O. The first-order valence-corrected chi connectivity index (χ1v) is 7.31. The highest BCUT2D eigenvalue weighted by Crippen LogP contribution is 2.19. The molecule has 0 amide bonds. The Morgan fingerprint density at radius 2 is 2.15 bits per heavy atom. The third-order valence-corrected chi connectivity index (χ3v) is 4.53. The van der Waals surface area contributed by atoms with Crippen LogP contribution in [0.15, 0.2) is 21.0 Å². The molecule has 0 atom stereocenters. The summed E-state index contributed by atoms with van der Waals surface area (Å²) in [5, 5.41) is 6.63. The normalized spacial score (nSPS) is 11.3. The molecular formula is C14H15N3O2S. The minimum atomic E-state index is 0.0283. The third-order valence-electron chi connectivity index (χ3n) is 3.53. The first-order chi connectivity index (χ1) is 9.58. The molecule has 3 aromatic rings. The number of fused-ring (bicyclic) bond motifs is 1. The number of rotatable bonds is 3. The molecule has 0 saturated heterocycles. The number of hydrogen-bond acceptors (Lipinski definition) is 5. The van der Waals surface area contributed by atoms with Crippen molar-refractivity contribution in [2.75, 3.05) is 0 Å². The summed E-state index contributed by atoms with van der Waals surface area (Å²) in [5.74, 6) is 0.816. The molecule has 104 valence electrons. The van der Waals surface area contributed by atoms with Crippen LogP contribution in [0.25, 0.3) is 10.2 Å². The molecule has 0 aromatic carbocycles. The van der Waals surface area contributed by atoms with Gasteiger partial charge in [0.15, 0.2) is 0 Å². The molecule has 6 heteroatoms. The van der Waals surface area contributed by atoms with Gasteiger partial charge in [-0.05, 0) is 38.1 Å². The van der Waals surface area contributed by atoms with Gasteiger partial charge in [0, 0.05) is 12.1 Å². The fourth-order valence-corrected chi connectivity index (χ4v) is 3.23. The number of aryl methyl sites for hydroxylation is 4. The predicted octanol–water partition coefficient (Wildman–Crippen LogP) is 2.61. The van der Waals surface area contributed by atoms with Gasteiger partial charge in [-0.2, -0.15) is 0 Å². The highest BCUT2D eigenvalue weighted by Gasteiger charge is 2.12. The average molecular weight is 289 g/mol. The minimum absolute atomic E-state index is 0.0283. The van der Waals surface area contributed by atoms with Gasteiger partial charge in [0.2, 0.25) is 0 Å². The fourth-order valence-electron chi connectivity index (χ4n) is 2.35. The summed E-state index contributed by atoms with van der Waals surface area (Å²) in [7, 11) is 0. The molecule has 0 saturated carbocycles. The monoisotopic (exact) mass is 289 g/mol. The molecular weight excluding hydrogens is 274 g/mol. The average Bonchev–Trinajstić information content (AvgIpc) is 2.95.